The van der Waals surface area contributed by atoms with Crippen molar-refractivity contribution in [1.82, 2.24) is 39.1 Å². The number of anilines is 3. The Morgan fingerprint density at radius 2 is 1.20 bits per heavy atom. The number of nitrogens with two attached hydrogens (primary N) is 1. The molecule has 0 radical (unpaired) electrons. The fourth-order valence-corrected chi connectivity index (χ4v) is 14.4. The van der Waals surface area contributed by atoms with Gasteiger partial charge < -0.3 is 73.3 Å². The van der Waals surface area contributed by atoms with Crippen LogP contribution in [-0.2, 0) is 41.6 Å². The standard InChI is InChI=1S/C36H43FN8O5.C19H30N4O3.C18H16FN3O3.C2H4O2/c1-22-5-6-24(20-43(22)26-19-39-44(21-26)25-9-11-36(12-10-25)49-13-14-50-36)33-41-34-28-16-29(37)32(48-4)17-30(28)40-35(45(34)42-33)38-18-23-7-8-27(46-2)15-31(23)47-3;1-14-2-3-15(18(24)10-20)12-22(14)17-11-21-23(13-17)16-4-6-19(7-5-16)25-8-9-26-19;1-23-14-5-4-12(17(7-14)24-2)10-21-11-22-16-8-18(25-3)15(19)6-13(16)9-20;1-2(3)4/h7-8,15-17,19,21-22,24-25H,5-6,9-14,18,20H2,1-4H3,(H,38,40);11,13-16H,2-10,12,20H2,1H3;4-8H,10H2,1-3H3;1H3,(H,3,4). The average molecular weight is 1450 g/mol. The van der Waals surface area contributed by atoms with Crippen molar-refractivity contribution in [2.24, 2.45) is 21.6 Å². The van der Waals surface area contributed by atoms with E-state index in [2.05, 4.69) is 71.8 Å². The highest BCUT2D eigenvalue weighted by atomic mass is 19.1. The third-order valence-electron chi connectivity index (χ3n) is 20.3. The summed E-state index contributed by atoms with van der Waals surface area (Å²) >= 11 is 0. The van der Waals surface area contributed by atoms with E-state index in [-0.39, 0.29) is 59.2 Å². The number of fused-ring (bicyclic) bond motifs is 3. The number of carbonyl (C=O) groups excluding carboxylic acids is 1. The number of hydrogen-bond donors (Lipinski definition) is 3. The van der Waals surface area contributed by atoms with Gasteiger partial charge in [0.1, 0.15) is 29.1 Å². The maximum absolute atomic E-state index is 15.0. The number of nitriles is 1. The predicted octanol–water partition coefficient (Wildman–Crippen LogP) is 11.6. The second-order valence-electron chi connectivity index (χ2n) is 26.8. The zero-order chi connectivity index (χ0) is 74.4. The van der Waals surface area contributed by atoms with Gasteiger partial charge in [-0.3, -0.25) is 19.0 Å². The zero-order valence-electron chi connectivity index (χ0n) is 60.9. The van der Waals surface area contributed by atoms with Gasteiger partial charge in [-0.2, -0.15) is 25.0 Å². The van der Waals surface area contributed by atoms with E-state index >= 15 is 4.39 Å². The number of rotatable bonds is 19. The molecular weight excluding hydrogens is 1360 g/mol. The molecule has 2 spiro atoms. The van der Waals surface area contributed by atoms with Crippen molar-refractivity contribution in [3.05, 3.63) is 120 Å². The Hall–Kier alpha value is -10.0. The Morgan fingerprint density at radius 1 is 0.676 bits per heavy atom. The maximum atomic E-state index is 15.0. The molecule has 2 saturated carbocycles. The number of halogens is 2. The summed E-state index contributed by atoms with van der Waals surface area (Å²) in [4.78, 5) is 43.7. The number of carboxylic acids is 1. The van der Waals surface area contributed by atoms with Crippen LogP contribution in [0.25, 0.3) is 16.6 Å². The van der Waals surface area contributed by atoms with Crippen LogP contribution < -0.4 is 49.3 Å². The number of aliphatic imine (C=N–C) groups is 2. The molecule has 560 valence electrons. The molecule has 6 fully saturated rings. The van der Waals surface area contributed by atoms with E-state index in [0.29, 0.717) is 108 Å². The van der Waals surface area contributed by atoms with Gasteiger partial charge in [0.2, 0.25) is 5.95 Å². The Kier molecular flexibility index (Phi) is 25.2. The van der Waals surface area contributed by atoms with Gasteiger partial charge in [-0.05, 0) is 102 Å². The number of methoxy groups -OCH3 is 6. The molecule has 0 amide bonds. The number of aromatic nitrogens is 8. The van der Waals surface area contributed by atoms with Crippen molar-refractivity contribution in [2.45, 2.75) is 153 Å². The van der Waals surface area contributed by atoms with E-state index in [1.807, 2.05) is 42.7 Å². The Bertz CT molecular complexity index is 4400. The third kappa shape index (κ3) is 18.0. The van der Waals surface area contributed by atoms with E-state index in [4.69, 9.17) is 88.4 Å². The van der Waals surface area contributed by atoms with E-state index in [9.17, 15) is 9.18 Å². The van der Waals surface area contributed by atoms with Gasteiger partial charge in [-0.1, -0.05) is 0 Å². The van der Waals surface area contributed by atoms with Crippen LogP contribution in [0, 0.1) is 28.9 Å². The number of hydrogen-bond acceptors (Lipinski definition) is 24. The van der Waals surface area contributed by atoms with Crippen LogP contribution in [-0.4, -0.2) is 174 Å². The minimum atomic E-state index is -0.833. The highest BCUT2D eigenvalue weighted by Gasteiger charge is 2.43. The maximum Gasteiger partial charge on any atom is 0.300 e. The SMILES string of the molecule is CC(=O)O.CC1CCC(C(=O)CN)CN1c1cnn(C2CCC3(CC2)OCCO3)c1.COc1ccc(CN=C=Nc2cc(OC)c(F)cc2C#N)c(OC)c1.COc1ccc(CNc2nc3cc(OC)c(F)cc3c3nc(C4CCC(C)N(c5cnn(C6CCC7(CC6)OCCO7)c5)C4)nn23)c(OC)c1. The largest absolute Gasteiger partial charge is 0.497 e. The molecule has 4 aromatic carbocycles. The quantitative estimate of drug-likeness (QED) is 0.0633. The lowest BCUT2D eigenvalue weighted by Crippen LogP contribution is -2.45. The van der Waals surface area contributed by atoms with Crippen LogP contribution in [0.4, 0.5) is 31.8 Å². The Balaban J connectivity index is 0.000000168. The second kappa shape index (κ2) is 34.7. The first-order valence-electron chi connectivity index (χ1n) is 35.4. The van der Waals surface area contributed by atoms with E-state index < -0.39 is 23.4 Å². The monoisotopic (exact) mass is 1450 g/mol. The van der Waals surface area contributed by atoms with Gasteiger partial charge in [-0.15, -0.1) is 5.10 Å². The van der Waals surface area contributed by atoms with Crippen molar-refractivity contribution in [3.63, 3.8) is 0 Å². The van der Waals surface area contributed by atoms with Crippen LogP contribution in [0.1, 0.15) is 138 Å². The van der Waals surface area contributed by atoms with Crippen LogP contribution in [0.3, 0.4) is 0 Å². The van der Waals surface area contributed by atoms with Crippen LogP contribution in [0.2, 0.25) is 0 Å². The highest BCUT2D eigenvalue weighted by Crippen LogP contribution is 2.44. The van der Waals surface area contributed by atoms with Crippen LogP contribution in [0.15, 0.2) is 95.4 Å². The van der Waals surface area contributed by atoms with Crippen LogP contribution >= 0.6 is 0 Å². The molecule has 4 saturated heterocycles. The number of piperidine rings is 2. The highest BCUT2D eigenvalue weighted by molar-refractivity contribution is 5.93. The fourth-order valence-electron chi connectivity index (χ4n) is 14.4. The summed E-state index contributed by atoms with van der Waals surface area (Å²) in [5.74, 6) is 1.57. The Morgan fingerprint density at radius 3 is 1.74 bits per heavy atom. The molecule has 105 heavy (non-hydrogen) atoms. The molecule has 30 heteroatoms. The lowest BCUT2D eigenvalue weighted by Gasteiger charge is -2.38. The van der Waals surface area contributed by atoms with Gasteiger partial charge in [-0.25, -0.2) is 23.7 Å². The number of carboxylic acid groups (broad SMARTS) is 1. The molecule has 4 unspecified atom stereocenters. The van der Waals surface area contributed by atoms with E-state index in [1.54, 1.807) is 51.2 Å². The molecular formula is C75H93F2N15O13. The van der Waals surface area contributed by atoms with Crippen molar-refractivity contribution < 1.29 is 70.8 Å². The minimum absolute atomic E-state index is 0.00336. The third-order valence-corrected chi connectivity index (χ3v) is 20.3. The first kappa shape index (κ1) is 76.1. The predicted molar refractivity (Wildman–Crippen MR) is 387 cm³/mol. The summed E-state index contributed by atoms with van der Waals surface area (Å²) < 4.78 is 89.6. The van der Waals surface area contributed by atoms with Crippen molar-refractivity contribution in [3.8, 4) is 40.6 Å². The van der Waals surface area contributed by atoms with Gasteiger partial charge in [0.05, 0.1) is 141 Å². The number of nitrogens with zero attached hydrogens (tertiary/aromatic N) is 13. The first-order valence-corrected chi connectivity index (χ1v) is 35.4. The van der Waals surface area contributed by atoms with Gasteiger partial charge in [0.15, 0.2) is 52.0 Å². The summed E-state index contributed by atoms with van der Waals surface area (Å²) in [6, 6.07) is 22.3. The Labute approximate surface area is 608 Å². The molecule has 2 aliphatic carbocycles. The second-order valence-corrected chi connectivity index (χ2v) is 26.8. The summed E-state index contributed by atoms with van der Waals surface area (Å²) in [6.45, 7) is 10.6. The average Bonchev–Trinajstić information content (AvgIpc) is 1.68. The summed E-state index contributed by atoms with van der Waals surface area (Å²) in [5, 5.41) is 34.9. The van der Waals surface area contributed by atoms with Crippen molar-refractivity contribution in [2.75, 3.05) is 104 Å². The number of carbonyl (C=O) groups is 2. The molecule has 8 heterocycles. The number of aliphatic carboxylic acids is 1. The van der Waals surface area contributed by atoms with Crippen molar-refractivity contribution in [1.29, 1.82) is 5.26 Å². The topological polar surface area (TPSA) is 318 Å². The lowest BCUT2D eigenvalue weighted by atomic mass is 9.89. The lowest BCUT2D eigenvalue weighted by molar-refractivity contribution is -0.182. The number of Topliss-reactive ketones (excluding diaryl/α,β-unsaturated/α-hetero) is 1. The molecule has 4 aromatic heterocycles. The molecule has 8 aromatic rings. The number of benzene rings is 4. The van der Waals surface area contributed by atoms with Crippen LogP contribution in [0.5, 0.6) is 34.5 Å². The van der Waals surface area contributed by atoms with Crippen molar-refractivity contribution >= 4 is 57.3 Å². The van der Waals surface area contributed by atoms with Gasteiger partial charge in [0.25, 0.3) is 5.97 Å². The van der Waals surface area contributed by atoms with E-state index in [1.165, 1.54) is 26.4 Å². The van der Waals surface area contributed by atoms with Gasteiger partial charge in [0, 0.05) is 129 Å². The molecule has 6 aliphatic rings. The summed E-state index contributed by atoms with van der Waals surface area (Å²) in [7, 11) is 9.15. The summed E-state index contributed by atoms with van der Waals surface area (Å²) in [6.07, 6.45) is 19.7. The number of ether oxygens (including phenoxy) is 10. The molecule has 4 N–H and O–H groups in total. The zero-order valence-corrected chi connectivity index (χ0v) is 60.9. The smallest absolute Gasteiger partial charge is 0.300 e. The normalized spacial score (nSPS) is 20.3. The fraction of sp³-hybridized carbons (Fsp3) is 0.507. The number of nitrogens with one attached hydrogen (secondary N) is 1. The molecule has 0 bridgehead atoms. The molecule has 28 nitrogen and oxygen atoms in total. The molecule has 14 rings (SSSR count). The molecule has 4 atom stereocenters. The molecule has 4 aliphatic heterocycles. The minimum Gasteiger partial charge on any atom is -0.497 e. The summed E-state index contributed by atoms with van der Waals surface area (Å²) in [5.41, 5.74) is 10.9. The number of ketones is 1. The van der Waals surface area contributed by atoms with E-state index in [0.717, 1.165) is 126 Å². The first-order chi connectivity index (χ1) is 50.8. The van der Waals surface area contributed by atoms with Gasteiger partial charge >= 0.3 is 0 Å².